The van der Waals surface area contributed by atoms with Crippen LogP contribution in [0.5, 0.6) is 5.75 Å². The first-order valence-corrected chi connectivity index (χ1v) is 21.2. The summed E-state index contributed by atoms with van der Waals surface area (Å²) in [5, 5.41) is 10.2. The van der Waals surface area contributed by atoms with Crippen molar-refractivity contribution in [1.82, 2.24) is 10.6 Å². The van der Waals surface area contributed by atoms with E-state index in [4.69, 9.17) is 21.7 Å². The molecule has 6 nitrogen and oxygen atoms in total. The fourth-order valence-electron chi connectivity index (χ4n) is 6.80. The minimum Gasteiger partial charge on any atom is -1.00 e. The predicted octanol–water partition coefficient (Wildman–Crippen LogP) is 4.79. The monoisotopic (exact) mass is 733 g/mol. The number of unbranched alkanes of at least 4 members (excludes halogenated alkanes) is 9. The molecule has 1 atom stereocenters. The van der Waals surface area contributed by atoms with Crippen molar-refractivity contribution in [3.63, 3.8) is 0 Å². The molecule has 0 aliphatic carbocycles. The number of hydrogen-bond donors (Lipinski definition) is 3. The molecule has 1 aliphatic heterocycles. The van der Waals surface area contributed by atoms with Crippen LogP contribution in [0, 0.1) is 0 Å². The van der Waals surface area contributed by atoms with Crippen molar-refractivity contribution in [2.75, 3.05) is 26.9 Å². The van der Waals surface area contributed by atoms with E-state index in [9.17, 15) is 0 Å². The van der Waals surface area contributed by atoms with Crippen molar-refractivity contribution in [1.29, 1.82) is 0 Å². The standard InChI is InChI=1S/C41H53ClN5OP.ClH/c1-47(2)41-45-39(44-40(43)46-41)34-28-30-35(31-29-34)48-32-20-9-7-5-3-4-6-8-10-21-33-49(42,36-22-14-11-15-23-36,37-24-16-12-17-25-37)38-26-18-13-19-27-38;/h11-19,22-31,39H,3-10,20-21,32-33H2,1-2H3,(H3,43,44,45,46);1H. The van der Waals surface area contributed by atoms with E-state index in [1.54, 1.807) is 0 Å². The molecule has 4 N–H and O–H groups in total. The Bertz CT molecular complexity index is 1550. The van der Waals surface area contributed by atoms with Gasteiger partial charge < -0.3 is 22.9 Å². The van der Waals surface area contributed by atoms with Crippen molar-refractivity contribution in [2.24, 2.45) is 10.7 Å². The van der Waals surface area contributed by atoms with Gasteiger partial charge in [-0.3, -0.25) is 9.89 Å². The van der Waals surface area contributed by atoms with Gasteiger partial charge in [0, 0.05) is 5.56 Å². The zero-order chi connectivity index (χ0) is 34.4. The molecule has 0 aromatic heterocycles. The van der Waals surface area contributed by atoms with Gasteiger partial charge in [0.2, 0.25) is 0 Å². The summed E-state index contributed by atoms with van der Waals surface area (Å²) in [6.45, 7) is 0.745. The maximum Gasteiger partial charge on any atom is -0.0195 e. The number of aliphatic imine (C=N–C) groups is 1. The number of hydrogen-bond acceptors (Lipinski definition) is 3. The summed E-state index contributed by atoms with van der Waals surface area (Å²) in [7, 11) is 3.91. The van der Waals surface area contributed by atoms with Crippen LogP contribution in [-0.4, -0.2) is 43.4 Å². The fraction of sp³-hybridized carbons (Fsp3) is 0.366. The largest absolute Gasteiger partial charge is 1.00 e. The Kier molecular flexibility index (Phi) is 15.0. The van der Waals surface area contributed by atoms with E-state index in [0.717, 1.165) is 42.9 Å². The molecule has 50 heavy (non-hydrogen) atoms. The topological polar surface area (TPSA) is 74.7 Å². The SMILES string of the molecule is C[N+](C)=C1NC(N)=NC(c2ccc(OCCCCCCCCCCCCP(Cl)(c3ccccc3)(c3ccccc3)c3ccccc3)cc2)N1.[Cl-]. The van der Waals surface area contributed by atoms with E-state index in [2.05, 4.69) is 107 Å². The summed E-state index contributed by atoms with van der Waals surface area (Å²) in [5.41, 5.74) is 7.01. The summed E-state index contributed by atoms with van der Waals surface area (Å²) in [6, 6.07) is 40.7. The molecule has 1 unspecified atom stereocenters. The van der Waals surface area contributed by atoms with Gasteiger partial charge in [0.05, 0.1) is 14.1 Å². The summed E-state index contributed by atoms with van der Waals surface area (Å²) in [4.78, 5) is 4.47. The van der Waals surface area contributed by atoms with Gasteiger partial charge in [-0.15, -0.1) is 0 Å². The van der Waals surface area contributed by atoms with Crippen LogP contribution in [0.1, 0.15) is 75.9 Å². The Labute approximate surface area is 310 Å². The predicted molar refractivity (Wildman–Crippen MR) is 212 cm³/mol. The van der Waals surface area contributed by atoms with Crippen LogP contribution in [0.4, 0.5) is 0 Å². The molecule has 4 aromatic rings. The number of halogens is 2. The first-order valence-electron chi connectivity index (χ1n) is 17.9. The molecule has 0 amide bonds. The molecule has 0 saturated carbocycles. The molecular formula is C41H54Cl2N5OP. The van der Waals surface area contributed by atoms with Gasteiger partial charge in [-0.1, -0.05) is 0 Å². The zero-order valence-corrected chi connectivity index (χ0v) is 32.0. The Morgan fingerprint density at radius 2 is 1.10 bits per heavy atom. The molecule has 1 aliphatic rings. The fourth-order valence-corrected chi connectivity index (χ4v) is 13.0. The van der Waals surface area contributed by atoms with Crippen LogP contribution < -0.4 is 49.4 Å². The number of rotatable bonds is 18. The van der Waals surface area contributed by atoms with Gasteiger partial charge in [0.15, 0.2) is 6.17 Å². The molecule has 5 rings (SSSR count). The average molecular weight is 735 g/mol. The van der Waals surface area contributed by atoms with Gasteiger partial charge in [0.25, 0.3) is 5.96 Å². The minimum absolute atomic E-state index is 0. The van der Waals surface area contributed by atoms with Crippen molar-refractivity contribution >= 4 is 45.0 Å². The quantitative estimate of drug-likeness (QED) is 0.0782. The molecule has 0 saturated heterocycles. The van der Waals surface area contributed by atoms with E-state index in [-0.39, 0.29) is 18.6 Å². The van der Waals surface area contributed by atoms with Gasteiger partial charge in [0.1, 0.15) is 5.75 Å². The second kappa shape index (κ2) is 19.2. The van der Waals surface area contributed by atoms with E-state index < -0.39 is 5.96 Å². The summed E-state index contributed by atoms with van der Waals surface area (Å²) >= 11 is 8.20. The van der Waals surface area contributed by atoms with E-state index in [0.29, 0.717) is 5.96 Å². The normalized spacial score (nSPS) is 15.0. The smallest absolute Gasteiger partial charge is 0.0195 e. The van der Waals surface area contributed by atoms with Crippen molar-refractivity contribution in [3.05, 3.63) is 121 Å². The van der Waals surface area contributed by atoms with E-state index in [1.807, 2.05) is 42.9 Å². The van der Waals surface area contributed by atoms with Crippen LogP contribution in [0.3, 0.4) is 0 Å². The summed E-state index contributed by atoms with van der Waals surface area (Å²) < 4.78 is 7.96. The first kappa shape index (κ1) is 39.2. The number of ether oxygens (including phenoxy) is 1. The molecule has 268 valence electrons. The number of guanidine groups is 2. The van der Waals surface area contributed by atoms with Crippen LogP contribution >= 0.6 is 17.2 Å². The van der Waals surface area contributed by atoms with Crippen molar-refractivity contribution in [3.8, 4) is 5.75 Å². The van der Waals surface area contributed by atoms with Crippen LogP contribution in [0.2, 0.25) is 0 Å². The van der Waals surface area contributed by atoms with Crippen LogP contribution in [-0.2, 0) is 0 Å². The number of nitrogens with one attached hydrogen (secondary N) is 2. The maximum atomic E-state index is 8.20. The number of nitrogens with two attached hydrogens (primary N) is 1. The molecule has 0 fully saturated rings. The van der Waals surface area contributed by atoms with Crippen molar-refractivity contribution < 1.29 is 21.7 Å². The summed E-state index contributed by atoms with van der Waals surface area (Å²) in [6.07, 6.45) is 13.1. The van der Waals surface area contributed by atoms with E-state index in [1.165, 1.54) is 67.3 Å². The first-order chi connectivity index (χ1) is 23.9. The average Bonchev–Trinajstić information content (AvgIpc) is 3.14. The zero-order valence-electron chi connectivity index (χ0n) is 29.6. The molecule has 0 radical (unpaired) electrons. The minimum atomic E-state index is -3.13. The summed E-state index contributed by atoms with van der Waals surface area (Å²) in [5.74, 6) is -1.01. The third-order valence-electron chi connectivity index (χ3n) is 9.56. The third kappa shape index (κ3) is 9.81. The molecular weight excluding hydrogens is 680 g/mol. The molecule has 1 heterocycles. The van der Waals surface area contributed by atoms with E-state index >= 15 is 0 Å². The van der Waals surface area contributed by atoms with Gasteiger partial charge in [-0.05, 0) is 24.3 Å². The Morgan fingerprint density at radius 1 is 0.660 bits per heavy atom. The second-order valence-electron chi connectivity index (χ2n) is 13.3. The molecule has 0 spiro atoms. The Morgan fingerprint density at radius 3 is 1.56 bits per heavy atom. The second-order valence-corrected chi connectivity index (χ2v) is 19.9. The maximum absolute atomic E-state index is 8.20. The van der Waals surface area contributed by atoms with Crippen molar-refractivity contribution in [2.45, 2.75) is 70.4 Å². The van der Waals surface area contributed by atoms with Gasteiger partial charge >= 0.3 is 207 Å². The third-order valence-corrected chi connectivity index (χ3v) is 17.1. The Balaban J connectivity index is 0.00000562. The van der Waals surface area contributed by atoms with Gasteiger partial charge in [-0.2, -0.15) is 4.99 Å². The molecule has 0 bridgehead atoms. The van der Waals surface area contributed by atoms with Crippen LogP contribution in [0.25, 0.3) is 0 Å². The number of nitrogens with zero attached hydrogens (tertiary/aromatic N) is 2. The molecule has 4 aromatic carbocycles. The Hall–Kier alpha value is -3.57. The van der Waals surface area contributed by atoms with Gasteiger partial charge in [-0.25, -0.2) is 5.32 Å². The van der Waals surface area contributed by atoms with Crippen LogP contribution in [0.15, 0.2) is 120 Å². The molecule has 9 heteroatoms. The number of benzene rings is 4.